The SMILES string of the molecule is O=S([O-])OP(O)(=S)OP. The highest BCUT2D eigenvalue weighted by Gasteiger charge is 2.12. The number of hydrogen-bond acceptors (Lipinski definition) is 5. The summed E-state index contributed by atoms with van der Waals surface area (Å²) < 4.78 is 27.1. The first-order valence-electron chi connectivity index (χ1n) is 1.48. The molecule has 0 aromatic heterocycles. The lowest BCUT2D eigenvalue weighted by atomic mass is 15.7. The molecule has 0 aliphatic carbocycles. The fraction of sp³-hybridized carbons (Fsp3) is 0. The Balaban J connectivity index is 3.88. The molecular formula is H3O5P2S2-. The van der Waals surface area contributed by atoms with E-state index in [9.17, 15) is 8.76 Å². The zero-order valence-corrected chi connectivity index (χ0v) is 7.60. The quantitative estimate of drug-likeness (QED) is 0.513. The second-order valence-electron chi connectivity index (χ2n) is 0.853. The molecule has 56 valence electrons. The summed E-state index contributed by atoms with van der Waals surface area (Å²) in [6, 6.07) is 0. The van der Waals surface area contributed by atoms with Gasteiger partial charge in [0.05, 0.1) is 11.4 Å². The Kier molecular flexibility index (Phi) is 4.54. The van der Waals surface area contributed by atoms with E-state index in [1.165, 1.54) is 0 Å². The van der Waals surface area contributed by atoms with E-state index >= 15 is 0 Å². The lowest BCUT2D eigenvalue weighted by Crippen LogP contribution is -1.91. The summed E-state index contributed by atoms with van der Waals surface area (Å²) in [5, 5.41) is 0. The fourth-order valence-electron chi connectivity index (χ4n) is 0.0945. The molecule has 0 aliphatic rings. The van der Waals surface area contributed by atoms with E-state index in [0.717, 1.165) is 0 Å². The van der Waals surface area contributed by atoms with Crippen molar-refractivity contribution in [1.82, 2.24) is 0 Å². The monoisotopic (exact) mass is 209 g/mol. The molecule has 0 radical (unpaired) electrons. The van der Waals surface area contributed by atoms with Gasteiger partial charge in [0.1, 0.15) is 0 Å². The van der Waals surface area contributed by atoms with E-state index in [1.54, 1.807) is 9.47 Å². The predicted octanol–water partition coefficient (Wildman–Crippen LogP) is -0.179. The van der Waals surface area contributed by atoms with Crippen LogP contribution in [0.25, 0.3) is 0 Å². The molecule has 0 spiro atoms. The summed E-state index contributed by atoms with van der Waals surface area (Å²) in [4.78, 5) is 8.56. The first-order valence-corrected chi connectivity index (χ1v) is 5.55. The molecule has 0 aromatic rings. The smallest absolute Gasteiger partial charge is 0.339 e. The maximum atomic E-state index is 9.66. The molecule has 9 heteroatoms. The molecule has 9 heavy (non-hydrogen) atoms. The largest absolute Gasteiger partial charge is 0.749 e. The third kappa shape index (κ3) is 5.51. The van der Waals surface area contributed by atoms with Crippen molar-refractivity contribution in [2.24, 2.45) is 0 Å². The van der Waals surface area contributed by atoms with E-state index in [2.05, 4.69) is 20.1 Å². The van der Waals surface area contributed by atoms with Crippen molar-refractivity contribution in [3.63, 3.8) is 0 Å². The zero-order valence-electron chi connectivity index (χ0n) is 3.92. The van der Waals surface area contributed by atoms with Crippen molar-refractivity contribution < 1.29 is 21.9 Å². The number of rotatable bonds is 3. The molecule has 0 fully saturated rings. The van der Waals surface area contributed by atoms with Gasteiger partial charge in [-0.15, -0.1) is 0 Å². The summed E-state index contributed by atoms with van der Waals surface area (Å²) in [6.45, 7) is -3.55. The van der Waals surface area contributed by atoms with Crippen LogP contribution in [0.2, 0.25) is 0 Å². The lowest BCUT2D eigenvalue weighted by Gasteiger charge is -2.12. The maximum absolute atomic E-state index is 9.66. The van der Waals surface area contributed by atoms with E-state index in [0.29, 0.717) is 0 Å². The third-order valence-electron chi connectivity index (χ3n) is 0.288. The minimum absolute atomic E-state index is 1.61. The Morgan fingerprint density at radius 2 is 2.33 bits per heavy atom. The normalized spacial score (nSPS) is 20.8. The second kappa shape index (κ2) is 4.05. The minimum Gasteiger partial charge on any atom is -0.749 e. The van der Waals surface area contributed by atoms with Crippen molar-refractivity contribution in [2.75, 3.05) is 0 Å². The molecule has 0 rings (SSSR count). The Hall–Kier alpha value is 1.07. The van der Waals surface area contributed by atoms with Crippen LogP contribution in [-0.4, -0.2) is 13.7 Å². The summed E-state index contributed by atoms with van der Waals surface area (Å²) in [5.41, 5.74) is 0. The van der Waals surface area contributed by atoms with Crippen LogP contribution in [0.15, 0.2) is 0 Å². The van der Waals surface area contributed by atoms with Gasteiger partial charge < -0.3 is 9.45 Å². The van der Waals surface area contributed by atoms with Crippen molar-refractivity contribution in [1.29, 1.82) is 0 Å². The summed E-state index contributed by atoms with van der Waals surface area (Å²) in [6.07, 6.45) is 0. The zero-order chi connectivity index (χ0) is 7.49. The molecule has 5 nitrogen and oxygen atoms in total. The molecule has 0 saturated carbocycles. The molecule has 0 aliphatic heterocycles. The van der Waals surface area contributed by atoms with Crippen molar-refractivity contribution in [3.05, 3.63) is 0 Å². The topological polar surface area (TPSA) is 78.8 Å². The van der Waals surface area contributed by atoms with Crippen LogP contribution < -0.4 is 0 Å². The van der Waals surface area contributed by atoms with Crippen LogP contribution in [0.4, 0.5) is 0 Å². The highest BCUT2D eigenvalue weighted by molar-refractivity contribution is 8.10. The molecule has 0 heterocycles. The average Bonchev–Trinajstić information content (AvgIpc) is 1.63. The maximum Gasteiger partial charge on any atom is 0.339 e. The Morgan fingerprint density at radius 3 is 2.44 bits per heavy atom. The summed E-state index contributed by atoms with van der Waals surface area (Å²) >= 11 is 1.30. The van der Waals surface area contributed by atoms with Gasteiger partial charge >= 0.3 is 6.72 Å². The lowest BCUT2D eigenvalue weighted by molar-refractivity contribution is 0.377. The van der Waals surface area contributed by atoms with Gasteiger partial charge in [-0.25, -0.2) is 8.18 Å². The third-order valence-corrected chi connectivity index (χ3v) is 3.92. The second-order valence-corrected chi connectivity index (χ2v) is 5.02. The van der Waals surface area contributed by atoms with Gasteiger partial charge in [0.15, 0.2) is 0 Å². The molecule has 1 N–H and O–H groups in total. The first kappa shape index (κ1) is 10.1. The molecular weight excluding hydrogens is 206 g/mol. The highest BCUT2D eigenvalue weighted by Crippen LogP contribution is 2.46. The average molecular weight is 209 g/mol. The van der Waals surface area contributed by atoms with Gasteiger partial charge in [-0.1, -0.05) is 0 Å². The Labute approximate surface area is 61.8 Å². The summed E-state index contributed by atoms with van der Waals surface area (Å²) in [7, 11) is 1.61. The molecule has 0 aromatic carbocycles. The molecule has 3 atom stereocenters. The first-order chi connectivity index (χ1) is 3.98. The molecule has 3 unspecified atom stereocenters. The van der Waals surface area contributed by atoms with E-state index in [-0.39, 0.29) is 0 Å². The van der Waals surface area contributed by atoms with E-state index in [4.69, 9.17) is 4.89 Å². The molecule has 0 saturated heterocycles. The minimum atomic E-state index is -3.55. The van der Waals surface area contributed by atoms with Gasteiger partial charge in [0, 0.05) is 9.47 Å². The highest BCUT2D eigenvalue weighted by atomic mass is 32.5. The van der Waals surface area contributed by atoms with Crippen molar-refractivity contribution >= 4 is 39.4 Å². The van der Waals surface area contributed by atoms with Crippen LogP contribution in [-0.2, 0) is 31.4 Å². The standard InChI is InChI=1S/H4O5P2S2/c1-7(8,4-6)5-9(2)3/h6H2,(H,1,8)(H,2,3)/p-1. The van der Waals surface area contributed by atoms with Crippen LogP contribution in [0.3, 0.4) is 0 Å². The van der Waals surface area contributed by atoms with Gasteiger partial charge in [0.25, 0.3) is 0 Å². The predicted molar refractivity (Wildman–Crippen MR) is 37.3 cm³/mol. The van der Waals surface area contributed by atoms with Crippen LogP contribution in [0.1, 0.15) is 0 Å². The molecule has 0 amide bonds. The van der Waals surface area contributed by atoms with Gasteiger partial charge in [-0.3, -0.25) is 4.31 Å². The van der Waals surface area contributed by atoms with Crippen LogP contribution in [0, 0.1) is 0 Å². The van der Waals surface area contributed by atoms with Gasteiger partial charge in [0.2, 0.25) is 0 Å². The summed E-state index contributed by atoms with van der Waals surface area (Å²) in [5.74, 6) is 0. The van der Waals surface area contributed by atoms with Crippen LogP contribution in [0.5, 0.6) is 0 Å². The van der Waals surface area contributed by atoms with Gasteiger partial charge in [-0.05, 0) is 11.8 Å². The van der Waals surface area contributed by atoms with E-state index in [1.807, 2.05) is 0 Å². The Bertz CT molecular complexity index is 153. The number of hydrogen-bond donors (Lipinski definition) is 1. The van der Waals surface area contributed by atoms with Crippen molar-refractivity contribution in [2.45, 2.75) is 0 Å². The van der Waals surface area contributed by atoms with Crippen molar-refractivity contribution in [3.8, 4) is 0 Å². The van der Waals surface area contributed by atoms with Crippen LogP contribution >= 0.6 is 16.2 Å². The Morgan fingerprint density at radius 1 is 1.89 bits per heavy atom. The fourth-order valence-corrected chi connectivity index (χ4v) is 1.61. The van der Waals surface area contributed by atoms with E-state index < -0.39 is 18.1 Å². The van der Waals surface area contributed by atoms with Gasteiger partial charge in [-0.2, -0.15) is 0 Å². The molecule has 0 bridgehead atoms.